The number of aryl methyl sites for hydroxylation is 2. The smallest absolute Gasteiger partial charge is 0.305 e. The van der Waals surface area contributed by atoms with Gasteiger partial charge in [-0.1, -0.05) is 42.0 Å². The number of aliphatic hydroxyl groups is 2. The van der Waals surface area contributed by atoms with E-state index in [2.05, 4.69) is 0 Å². The summed E-state index contributed by atoms with van der Waals surface area (Å²) in [5.41, 5.74) is 4.54. The van der Waals surface area contributed by atoms with Gasteiger partial charge < -0.3 is 24.8 Å². The Labute approximate surface area is 204 Å². The molecule has 0 bridgehead atoms. The molecule has 35 heavy (non-hydrogen) atoms. The number of carbonyl (C=O) groups is 1. The van der Waals surface area contributed by atoms with Crippen LogP contribution in [0.4, 0.5) is 4.39 Å². The molecule has 0 aliphatic rings. The third-order valence-electron chi connectivity index (χ3n) is 5.79. The van der Waals surface area contributed by atoms with E-state index in [9.17, 15) is 19.4 Å². The first-order valence-corrected chi connectivity index (χ1v) is 11.4. The van der Waals surface area contributed by atoms with Crippen molar-refractivity contribution >= 4 is 5.97 Å². The fourth-order valence-electron chi connectivity index (χ4n) is 4.25. The van der Waals surface area contributed by atoms with Crippen molar-refractivity contribution in [2.75, 3.05) is 13.7 Å². The van der Waals surface area contributed by atoms with E-state index in [0.717, 1.165) is 27.8 Å². The van der Waals surface area contributed by atoms with Gasteiger partial charge in [-0.25, -0.2) is 4.39 Å². The molecule has 3 aromatic rings. The molecule has 7 heteroatoms. The van der Waals surface area contributed by atoms with Gasteiger partial charge in [-0.05, 0) is 54.8 Å². The Kier molecular flexibility index (Phi) is 8.84. The van der Waals surface area contributed by atoms with Crippen molar-refractivity contribution in [2.24, 2.45) is 0 Å². The number of ether oxygens (including phenoxy) is 2. The van der Waals surface area contributed by atoms with Crippen LogP contribution in [0.2, 0.25) is 0 Å². The second kappa shape index (κ2) is 11.8. The lowest BCUT2D eigenvalue weighted by Gasteiger charge is -2.25. The maximum atomic E-state index is 13.7. The maximum absolute atomic E-state index is 13.7. The third kappa shape index (κ3) is 7.04. The molecule has 0 heterocycles. The Morgan fingerprint density at radius 2 is 1.54 bits per heavy atom. The number of rotatable bonds is 11. The average Bonchev–Trinajstić information content (AvgIpc) is 2.79. The van der Waals surface area contributed by atoms with Crippen molar-refractivity contribution in [3.05, 3.63) is 94.3 Å². The van der Waals surface area contributed by atoms with E-state index < -0.39 is 24.6 Å². The van der Waals surface area contributed by atoms with Gasteiger partial charge in [0.15, 0.2) is 0 Å². The lowest BCUT2D eigenvalue weighted by Crippen LogP contribution is -2.26. The second-order valence-electron chi connectivity index (χ2n) is 8.71. The van der Waals surface area contributed by atoms with Crippen molar-refractivity contribution in [2.45, 2.75) is 44.8 Å². The highest BCUT2D eigenvalue weighted by Gasteiger charge is 2.24. The van der Waals surface area contributed by atoms with Crippen LogP contribution in [0, 0.1) is 19.7 Å². The molecule has 186 valence electrons. The van der Waals surface area contributed by atoms with E-state index in [-0.39, 0.29) is 24.8 Å². The molecular weight excluding hydrogens is 451 g/mol. The van der Waals surface area contributed by atoms with Gasteiger partial charge in [-0.2, -0.15) is 0 Å². The fraction of sp³-hybridized carbons (Fsp3) is 0.321. The summed E-state index contributed by atoms with van der Waals surface area (Å²) in [6, 6.07) is 17.9. The minimum Gasteiger partial charge on any atom is -0.497 e. The summed E-state index contributed by atoms with van der Waals surface area (Å²) in [6.07, 6.45) is -2.79. The number of hydrogen-bond acceptors (Lipinski definition) is 5. The number of carboxylic acids is 1. The van der Waals surface area contributed by atoms with Crippen LogP contribution < -0.4 is 9.47 Å². The lowest BCUT2D eigenvalue weighted by atomic mass is 9.83. The monoisotopic (exact) mass is 482 g/mol. The Balaban J connectivity index is 1.99. The average molecular weight is 483 g/mol. The van der Waals surface area contributed by atoms with E-state index in [0.29, 0.717) is 11.5 Å². The molecule has 0 fully saturated rings. The summed E-state index contributed by atoms with van der Waals surface area (Å²) in [4.78, 5) is 10.8. The maximum Gasteiger partial charge on any atom is 0.305 e. The van der Waals surface area contributed by atoms with E-state index in [1.807, 2.05) is 50.2 Å². The van der Waals surface area contributed by atoms with Crippen LogP contribution in [0.25, 0.3) is 0 Å². The molecule has 0 radical (unpaired) electrons. The molecule has 0 aliphatic carbocycles. The minimum absolute atomic E-state index is 0.119. The molecule has 3 N–H and O–H groups in total. The fourth-order valence-corrected chi connectivity index (χ4v) is 4.25. The summed E-state index contributed by atoms with van der Waals surface area (Å²) in [5.74, 6) is -0.463. The molecule has 3 rings (SSSR count). The quantitative estimate of drug-likeness (QED) is 0.346. The van der Waals surface area contributed by atoms with Gasteiger partial charge in [-0.3, -0.25) is 4.79 Å². The zero-order chi connectivity index (χ0) is 25.5. The Morgan fingerprint density at radius 1 is 0.943 bits per heavy atom. The predicted octanol–water partition coefficient (Wildman–Crippen LogP) is 4.60. The van der Waals surface area contributed by atoms with Gasteiger partial charge in [0.25, 0.3) is 0 Å². The molecule has 3 aromatic carbocycles. The first-order chi connectivity index (χ1) is 16.7. The SMILES string of the molecule is COc1ccc(C(c2ccc(F)cc2)c2cc(C)cc(C)c2OC[C@@H](O)C[C@@H](O)CC(=O)O)cc1. The molecule has 0 saturated heterocycles. The number of methoxy groups -OCH3 is 1. The molecule has 6 nitrogen and oxygen atoms in total. The number of halogens is 1. The van der Waals surface area contributed by atoms with Crippen LogP contribution in [0.1, 0.15) is 46.6 Å². The zero-order valence-electron chi connectivity index (χ0n) is 20.1. The van der Waals surface area contributed by atoms with E-state index in [1.54, 1.807) is 19.2 Å². The largest absolute Gasteiger partial charge is 0.497 e. The van der Waals surface area contributed by atoms with Crippen LogP contribution in [-0.4, -0.2) is 47.2 Å². The first kappa shape index (κ1) is 26.2. The molecular formula is C28H31FO6. The summed E-state index contributed by atoms with van der Waals surface area (Å²) in [7, 11) is 1.60. The third-order valence-corrected chi connectivity index (χ3v) is 5.79. The van der Waals surface area contributed by atoms with Crippen molar-refractivity contribution in [1.29, 1.82) is 0 Å². The van der Waals surface area contributed by atoms with Gasteiger partial charge in [0.05, 0.1) is 25.7 Å². The van der Waals surface area contributed by atoms with E-state index in [4.69, 9.17) is 14.6 Å². The van der Waals surface area contributed by atoms with Gasteiger partial charge in [0.2, 0.25) is 0 Å². The Morgan fingerprint density at radius 3 is 2.11 bits per heavy atom. The molecule has 0 amide bonds. The minimum atomic E-state index is -1.17. The highest BCUT2D eigenvalue weighted by atomic mass is 19.1. The van der Waals surface area contributed by atoms with Crippen LogP contribution in [0.5, 0.6) is 11.5 Å². The summed E-state index contributed by atoms with van der Waals surface area (Å²) in [5, 5.41) is 29.0. The molecule has 0 aromatic heterocycles. The zero-order valence-corrected chi connectivity index (χ0v) is 20.1. The van der Waals surface area contributed by atoms with E-state index >= 15 is 0 Å². The lowest BCUT2D eigenvalue weighted by molar-refractivity contribution is -0.139. The van der Waals surface area contributed by atoms with Crippen LogP contribution in [-0.2, 0) is 4.79 Å². The Bertz CT molecular complexity index is 1130. The summed E-state index contributed by atoms with van der Waals surface area (Å²) >= 11 is 0. The predicted molar refractivity (Wildman–Crippen MR) is 131 cm³/mol. The second-order valence-corrected chi connectivity index (χ2v) is 8.71. The van der Waals surface area contributed by atoms with E-state index in [1.165, 1.54) is 12.1 Å². The highest BCUT2D eigenvalue weighted by molar-refractivity contribution is 5.67. The van der Waals surface area contributed by atoms with Crippen molar-refractivity contribution in [3.63, 3.8) is 0 Å². The van der Waals surface area contributed by atoms with Gasteiger partial charge in [-0.15, -0.1) is 0 Å². The topological polar surface area (TPSA) is 96.2 Å². The van der Waals surface area contributed by atoms with Gasteiger partial charge in [0, 0.05) is 17.9 Å². The molecule has 0 spiro atoms. The van der Waals surface area contributed by atoms with Crippen LogP contribution >= 0.6 is 0 Å². The van der Waals surface area contributed by atoms with Crippen LogP contribution in [0.15, 0.2) is 60.7 Å². The van der Waals surface area contributed by atoms with Gasteiger partial charge in [0.1, 0.15) is 23.9 Å². The first-order valence-electron chi connectivity index (χ1n) is 11.4. The number of hydrogen-bond donors (Lipinski definition) is 3. The standard InChI is InChI=1S/C28H31FO6/c1-17-12-18(2)28(35-16-23(31)14-22(30)15-26(32)33)25(13-17)27(19-4-8-21(29)9-5-19)20-6-10-24(34-3)11-7-20/h4-13,22-23,27,30-31H,14-16H2,1-3H3,(H,32,33)/t22-,23+,27?/m1/s1. The van der Waals surface area contributed by atoms with Gasteiger partial charge >= 0.3 is 5.97 Å². The Hall–Kier alpha value is -3.42. The number of benzene rings is 3. The normalized spacial score (nSPS) is 13.7. The van der Waals surface area contributed by atoms with Crippen molar-refractivity contribution < 1.29 is 34.0 Å². The molecule has 0 saturated carbocycles. The number of aliphatic carboxylic acids is 1. The van der Waals surface area contributed by atoms with Crippen LogP contribution in [0.3, 0.4) is 0 Å². The molecule has 1 unspecified atom stereocenters. The number of carboxylic acid groups (broad SMARTS) is 1. The summed E-state index contributed by atoms with van der Waals surface area (Å²) < 4.78 is 25.1. The van der Waals surface area contributed by atoms with Crippen molar-refractivity contribution in [1.82, 2.24) is 0 Å². The van der Waals surface area contributed by atoms with Crippen molar-refractivity contribution in [3.8, 4) is 11.5 Å². The molecule has 3 atom stereocenters. The number of aliphatic hydroxyl groups excluding tert-OH is 2. The molecule has 0 aliphatic heterocycles. The highest BCUT2D eigenvalue weighted by Crippen LogP contribution is 2.40. The summed E-state index contributed by atoms with van der Waals surface area (Å²) in [6.45, 7) is 3.77.